The van der Waals surface area contributed by atoms with Gasteiger partial charge in [0.25, 0.3) is 0 Å². The molecule has 1 aromatic rings. The molecule has 0 amide bonds. The molecule has 0 aromatic carbocycles. The molecule has 19 heavy (non-hydrogen) atoms. The smallest absolute Gasteiger partial charge is 0.343 e. The Balaban J connectivity index is 3.03. The van der Waals surface area contributed by atoms with Crippen LogP contribution in [0.2, 0.25) is 0 Å². The van der Waals surface area contributed by atoms with E-state index in [4.69, 9.17) is 15.3 Å². The third kappa shape index (κ3) is 3.70. The molecule has 0 aliphatic carbocycles. The van der Waals surface area contributed by atoms with Crippen LogP contribution in [0.15, 0.2) is 11.8 Å². The number of rotatable bonds is 6. The fraction of sp³-hybridized carbons (Fsp3) is 0.250. The Hall–Kier alpha value is -2.57. The van der Waals surface area contributed by atoms with Gasteiger partial charge < -0.3 is 20.3 Å². The molecular formula is C12H13NO6. The minimum atomic E-state index is -1.53. The molecule has 0 unspecified atom stereocenters. The highest BCUT2D eigenvalue weighted by molar-refractivity contribution is 6.16. The Labute approximate surface area is 108 Å². The number of hydrogen-bond acceptors (Lipinski definition) is 3. The number of aryl methyl sites for hydroxylation is 1. The van der Waals surface area contributed by atoms with Crippen LogP contribution in [0.4, 0.5) is 0 Å². The molecule has 1 heterocycles. The number of H-pyrrole nitrogens is 1. The summed E-state index contributed by atoms with van der Waals surface area (Å²) in [5.74, 6) is -4.00. The van der Waals surface area contributed by atoms with Crippen LogP contribution in [0.1, 0.15) is 23.2 Å². The number of aromatic amines is 1. The van der Waals surface area contributed by atoms with E-state index >= 15 is 0 Å². The van der Waals surface area contributed by atoms with E-state index in [1.54, 1.807) is 13.1 Å². The average molecular weight is 267 g/mol. The highest BCUT2D eigenvalue weighted by Crippen LogP contribution is 2.17. The van der Waals surface area contributed by atoms with Crippen LogP contribution in [0.3, 0.4) is 0 Å². The lowest BCUT2D eigenvalue weighted by atomic mass is 10.1. The van der Waals surface area contributed by atoms with Gasteiger partial charge in [-0.1, -0.05) is 0 Å². The maximum Gasteiger partial charge on any atom is 0.343 e. The summed E-state index contributed by atoms with van der Waals surface area (Å²) in [6, 6.07) is 0. The summed E-state index contributed by atoms with van der Waals surface area (Å²) in [7, 11) is 0. The van der Waals surface area contributed by atoms with E-state index in [0.717, 1.165) is 6.08 Å². The summed E-state index contributed by atoms with van der Waals surface area (Å²) >= 11 is 0. The molecule has 0 bridgehead atoms. The van der Waals surface area contributed by atoms with Crippen LogP contribution >= 0.6 is 0 Å². The lowest BCUT2D eigenvalue weighted by Gasteiger charge is -1.99. The SMILES string of the molecule is Cc1c(CCC(=O)O)c[nH]c1C=C(C(=O)O)C(=O)O. The second kappa shape index (κ2) is 5.85. The standard InChI is InChI=1S/C12H13NO6/c1-6-7(2-3-10(14)15)5-13-9(6)4-8(11(16)17)12(18)19/h4-5,13H,2-3H2,1H3,(H,14,15)(H,16,17)(H,18,19). The van der Waals surface area contributed by atoms with Crippen LogP contribution in [0, 0.1) is 6.92 Å². The number of carbonyl (C=O) groups is 3. The second-order valence-electron chi connectivity index (χ2n) is 3.91. The first-order valence-corrected chi connectivity index (χ1v) is 5.40. The Morgan fingerprint density at radius 3 is 2.26 bits per heavy atom. The zero-order chi connectivity index (χ0) is 14.6. The zero-order valence-corrected chi connectivity index (χ0v) is 10.1. The van der Waals surface area contributed by atoms with Gasteiger partial charge in [0.1, 0.15) is 5.57 Å². The first-order valence-electron chi connectivity index (χ1n) is 5.40. The van der Waals surface area contributed by atoms with Gasteiger partial charge in [-0.2, -0.15) is 0 Å². The van der Waals surface area contributed by atoms with Crippen molar-refractivity contribution in [2.75, 3.05) is 0 Å². The molecule has 102 valence electrons. The minimum Gasteiger partial charge on any atom is -0.481 e. The van der Waals surface area contributed by atoms with E-state index in [1.165, 1.54) is 0 Å². The molecule has 0 atom stereocenters. The van der Waals surface area contributed by atoms with Crippen molar-refractivity contribution >= 4 is 24.0 Å². The molecular weight excluding hydrogens is 254 g/mol. The van der Waals surface area contributed by atoms with Gasteiger partial charge in [-0.15, -0.1) is 0 Å². The van der Waals surface area contributed by atoms with Crippen molar-refractivity contribution in [1.82, 2.24) is 4.98 Å². The van der Waals surface area contributed by atoms with Crippen molar-refractivity contribution in [3.63, 3.8) is 0 Å². The van der Waals surface area contributed by atoms with Crippen LogP contribution in [-0.2, 0) is 20.8 Å². The lowest BCUT2D eigenvalue weighted by molar-refractivity contribution is -0.140. The van der Waals surface area contributed by atoms with E-state index in [9.17, 15) is 14.4 Å². The number of hydrogen-bond donors (Lipinski definition) is 4. The molecule has 0 aliphatic rings. The Kier molecular flexibility index (Phi) is 4.46. The number of aliphatic carboxylic acids is 3. The number of nitrogens with one attached hydrogen (secondary N) is 1. The topological polar surface area (TPSA) is 128 Å². The maximum absolute atomic E-state index is 10.7. The average Bonchev–Trinajstić information content (AvgIpc) is 2.63. The normalized spacial score (nSPS) is 9.95. The van der Waals surface area contributed by atoms with Gasteiger partial charge >= 0.3 is 17.9 Å². The predicted molar refractivity (Wildman–Crippen MR) is 64.7 cm³/mol. The summed E-state index contributed by atoms with van der Waals surface area (Å²) < 4.78 is 0. The molecule has 0 aliphatic heterocycles. The second-order valence-corrected chi connectivity index (χ2v) is 3.91. The molecule has 0 saturated heterocycles. The van der Waals surface area contributed by atoms with Gasteiger partial charge in [-0.3, -0.25) is 4.79 Å². The largest absolute Gasteiger partial charge is 0.481 e. The Morgan fingerprint density at radius 1 is 1.21 bits per heavy atom. The molecule has 0 saturated carbocycles. The van der Waals surface area contributed by atoms with E-state index in [-0.39, 0.29) is 6.42 Å². The third-order valence-electron chi connectivity index (χ3n) is 2.65. The van der Waals surface area contributed by atoms with Crippen LogP contribution in [0.25, 0.3) is 6.08 Å². The first-order chi connectivity index (χ1) is 8.82. The van der Waals surface area contributed by atoms with Gasteiger partial charge in [0, 0.05) is 18.3 Å². The highest BCUT2D eigenvalue weighted by atomic mass is 16.4. The van der Waals surface area contributed by atoms with Crippen LogP contribution in [-0.4, -0.2) is 38.2 Å². The minimum absolute atomic E-state index is 0.0490. The number of carboxylic acid groups (broad SMARTS) is 3. The molecule has 7 heteroatoms. The van der Waals surface area contributed by atoms with Gasteiger partial charge in [0.05, 0.1) is 0 Å². The fourth-order valence-electron chi connectivity index (χ4n) is 1.56. The molecule has 0 radical (unpaired) electrons. The van der Waals surface area contributed by atoms with Crippen LogP contribution in [0.5, 0.6) is 0 Å². The summed E-state index contributed by atoms with van der Waals surface area (Å²) in [6.07, 6.45) is 2.81. The summed E-state index contributed by atoms with van der Waals surface area (Å²) in [6.45, 7) is 1.67. The van der Waals surface area contributed by atoms with Crippen molar-refractivity contribution in [2.24, 2.45) is 0 Å². The monoisotopic (exact) mass is 267 g/mol. The van der Waals surface area contributed by atoms with Gasteiger partial charge in [0.15, 0.2) is 0 Å². The van der Waals surface area contributed by atoms with Crippen molar-refractivity contribution in [3.05, 3.63) is 28.6 Å². The van der Waals surface area contributed by atoms with Crippen molar-refractivity contribution in [3.8, 4) is 0 Å². The molecule has 7 nitrogen and oxygen atoms in total. The summed E-state index contributed by atoms with van der Waals surface area (Å²) in [5, 5.41) is 26.1. The van der Waals surface area contributed by atoms with Crippen molar-refractivity contribution < 1.29 is 29.7 Å². The summed E-state index contributed by atoms with van der Waals surface area (Å²) in [5.41, 5.74) is 0.944. The fourth-order valence-corrected chi connectivity index (χ4v) is 1.56. The predicted octanol–water partition coefficient (Wildman–Crippen LogP) is 0.893. The van der Waals surface area contributed by atoms with Crippen molar-refractivity contribution in [1.29, 1.82) is 0 Å². The maximum atomic E-state index is 10.7. The van der Waals surface area contributed by atoms with Crippen LogP contribution < -0.4 is 0 Å². The van der Waals surface area contributed by atoms with E-state index in [2.05, 4.69) is 4.98 Å². The van der Waals surface area contributed by atoms with Gasteiger partial charge in [-0.25, -0.2) is 9.59 Å². The zero-order valence-electron chi connectivity index (χ0n) is 10.1. The molecule has 0 fully saturated rings. The Bertz CT molecular complexity index is 539. The molecule has 1 rings (SSSR count). The van der Waals surface area contributed by atoms with E-state index in [0.29, 0.717) is 23.2 Å². The molecule has 4 N–H and O–H groups in total. The molecule has 1 aromatic heterocycles. The number of aromatic nitrogens is 1. The van der Waals surface area contributed by atoms with E-state index in [1.807, 2.05) is 0 Å². The van der Waals surface area contributed by atoms with E-state index < -0.39 is 23.5 Å². The van der Waals surface area contributed by atoms with Gasteiger partial charge in [0.2, 0.25) is 0 Å². The van der Waals surface area contributed by atoms with Crippen molar-refractivity contribution in [2.45, 2.75) is 19.8 Å². The highest BCUT2D eigenvalue weighted by Gasteiger charge is 2.17. The first kappa shape index (κ1) is 14.5. The third-order valence-corrected chi connectivity index (χ3v) is 2.65. The van der Waals surface area contributed by atoms with Gasteiger partial charge in [-0.05, 0) is 30.5 Å². The number of carboxylic acids is 3. The lowest BCUT2D eigenvalue weighted by Crippen LogP contribution is -2.11. The Morgan fingerprint density at radius 2 is 1.79 bits per heavy atom. The summed E-state index contributed by atoms with van der Waals surface area (Å²) in [4.78, 5) is 34.7. The quantitative estimate of drug-likeness (QED) is 0.344. The molecule has 0 spiro atoms.